The van der Waals surface area contributed by atoms with Crippen molar-refractivity contribution in [1.29, 1.82) is 0 Å². The Labute approximate surface area is 141 Å². The summed E-state index contributed by atoms with van der Waals surface area (Å²) < 4.78 is 2.22. The summed E-state index contributed by atoms with van der Waals surface area (Å²) in [7, 11) is 2.13. The Hall–Kier alpha value is -0.200. The molecule has 0 aliphatic heterocycles. The van der Waals surface area contributed by atoms with Crippen LogP contribution in [0.25, 0.3) is 0 Å². The lowest BCUT2D eigenvalue weighted by molar-refractivity contribution is 0.244. The minimum absolute atomic E-state index is 0.238. The van der Waals surface area contributed by atoms with E-state index in [9.17, 15) is 0 Å². The Morgan fingerprint density at radius 1 is 1.30 bits per heavy atom. The van der Waals surface area contributed by atoms with Gasteiger partial charge in [-0.25, -0.2) is 0 Å². The van der Waals surface area contributed by atoms with Crippen molar-refractivity contribution < 1.29 is 0 Å². The van der Waals surface area contributed by atoms with Crippen LogP contribution in [0.15, 0.2) is 38.6 Å². The van der Waals surface area contributed by atoms with Gasteiger partial charge in [0, 0.05) is 22.4 Å². The molecular weight excluding hydrogens is 400 g/mol. The molecular formula is C15H18Br2N2S. The van der Waals surface area contributed by atoms with E-state index in [0.717, 1.165) is 14.8 Å². The van der Waals surface area contributed by atoms with E-state index in [0.29, 0.717) is 6.54 Å². The molecule has 0 radical (unpaired) electrons. The lowest BCUT2D eigenvalue weighted by Gasteiger charge is -2.26. The fraction of sp³-hybridized carbons (Fsp3) is 0.333. The van der Waals surface area contributed by atoms with Crippen molar-refractivity contribution in [3.05, 3.63) is 54.6 Å². The number of benzene rings is 1. The molecule has 0 bridgehead atoms. The maximum atomic E-state index is 5.99. The SMILES string of the molecule is Cc1ccccc1CN(C)C(CN)c1cc(Br)c(Br)s1. The van der Waals surface area contributed by atoms with Crippen molar-refractivity contribution in [2.24, 2.45) is 5.73 Å². The van der Waals surface area contributed by atoms with Gasteiger partial charge in [0.05, 0.1) is 9.83 Å². The quantitative estimate of drug-likeness (QED) is 0.762. The van der Waals surface area contributed by atoms with Crippen LogP contribution in [0.1, 0.15) is 22.0 Å². The molecule has 0 aliphatic carbocycles. The predicted molar refractivity (Wildman–Crippen MR) is 94.2 cm³/mol. The van der Waals surface area contributed by atoms with Gasteiger partial charge in [-0.2, -0.15) is 0 Å². The van der Waals surface area contributed by atoms with Crippen LogP contribution in [-0.2, 0) is 6.54 Å². The maximum Gasteiger partial charge on any atom is 0.0843 e. The minimum Gasteiger partial charge on any atom is -0.329 e. The Balaban J connectivity index is 2.17. The number of rotatable bonds is 5. The molecule has 0 amide bonds. The van der Waals surface area contributed by atoms with Crippen LogP contribution < -0.4 is 5.73 Å². The molecule has 0 saturated heterocycles. The van der Waals surface area contributed by atoms with Crippen LogP contribution in [0.3, 0.4) is 0 Å². The van der Waals surface area contributed by atoms with E-state index in [1.165, 1.54) is 16.0 Å². The first-order valence-corrected chi connectivity index (χ1v) is 8.82. The van der Waals surface area contributed by atoms with E-state index < -0.39 is 0 Å². The van der Waals surface area contributed by atoms with Gasteiger partial charge >= 0.3 is 0 Å². The summed E-state index contributed by atoms with van der Waals surface area (Å²) >= 11 is 8.84. The Bertz CT molecular complexity index is 564. The van der Waals surface area contributed by atoms with Crippen LogP contribution >= 0.6 is 43.2 Å². The van der Waals surface area contributed by atoms with E-state index in [2.05, 4.69) is 81.1 Å². The van der Waals surface area contributed by atoms with Gasteiger partial charge in [0.15, 0.2) is 0 Å². The van der Waals surface area contributed by atoms with Crippen LogP contribution in [0.2, 0.25) is 0 Å². The second kappa shape index (κ2) is 7.18. The number of likely N-dealkylation sites (N-methyl/N-ethyl adjacent to an activating group) is 1. The average Bonchev–Trinajstić information content (AvgIpc) is 2.73. The van der Waals surface area contributed by atoms with E-state index in [1.54, 1.807) is 11.3 Å². The molecule has 2 aromatic rings. The van der Waals surface area contributed by atoms with Crippen LogP contribution in [0, 0.1) is 6.92 Å². The highest BCUT2D eigenvalue weighted by molar-refractivity contribution is 9.13. The van der Waals surface area contributed by atoms with E-state index in [4.69, 9.17) is 5.73 Å². The van der Waals surface area contributed by atoms with E-state index in [-0.39, 0.29) is 6.04 Å². The smallest absolute Gasteiger partial charge is 0.0843 e. The van der Waals surface area contributed by atoms with E-state index >= 15 is 0 Å². The number of hydrogen-bond donors (Lipinski definition) is 1. The number of halogens is 2. The molecule has 1 heterocycles. The molecule has 2 N–H and O–H groups in total. The highest BCUT2D eigenvalue weighted by atomic mass is 79.9. The minimum atomic E-state index is 0.238. The van der Waals surface area contributed by atoms with Crippen molar-refractivity contribution in [3.63, 3.8) is 0 Å². The molecule has 0 aliphatic rings. The molecule has 0 saturated carbocycles. The topological polar surface area (TPSA) is 29.3 Å². The van der Waals surface area contributed by atoms with Crippen LogP contribution in [0.4, 0.5) is 0 Å². The molecule has 0 spiro atoms. The Kier molecular flexibility index (Phi) is 5.81. The van der Waals surface area contributed by atoms with Gasteiger partial charge in [0.25, 0.3) is 0 Å². The van der Waals surface area contributed by atoms with Gasteiger partial charge in [-0.15, -0.1) is 11.3 Å². The molecule has 1 aromatic heterocycles. The highest BCUT2D eigenvalue weighted by Gasteiger charge is 2.19. The van der Waals surface area contributed by atoms with Crippen molar-refractivity contribution in [3.8, 4) is 0 Å². The summed E-state index contributed by atoms with van der Waals surface area (Å²) in [5.41, 5.74) is 8.66. The van der Waals surface area contributed by atoms with Gasteiger partial charge in [0.2, 0.25) is 0 Å². The lowest BCUT2D eigenvalue weighted by Crippen LogP contribution is -2.29. The molecule has 20 heavy (non-hydrogen) atoms. The molecule has 5 heteroatoms. The molecule has 2 nitrogen and oxygen atoms in total. The first kappa shape index (κ1) is 16.2. The fourth-order valence-electron chi connectivity index (χ4n) is 2.21. The lowest BCUT2D eigenvalue weighted by atomic mass is 10.1. The monoisotopic (exact) mass is 416 g/mol. The zero-order valence-electron chi connectivity index (χ0n) is 11.6. The number of aryl methyl sites for hydroxylation is 1. The zero-order chi connectivity index (χ0) is 14.7. The third-order valence-corrected chi connectivity index (χ3v) is 6.79. The molecule has 0 fully saturated rings. The summed E-state index contributed by atoms with van der Waals surface area (Å²) in [5.74, 6) is 0. The molecule has 1 unspecified atom stereocenters. The molecule has 1 aromatic carbocycles. The highest BCUT2D eigenvalue weighted by Crippen LogP contribution is 2.37. The van der Waals surface area contributed by atoms with Gasteiger partial charge in [-0.1, -0.05) is 24.3 Å². The second-order valence-electron chi connectivity index (χ2n) is 4.86. The van der Waals surface area contributed by atoms with Crippen molar-refractivity contribution in [2.75, 3.05) is 13.6 Å². The van der Waals surface area contributed by atoms with E-state index in [1.807, 2.05) is 0 Å². The summed E-state index contributed by atoms with van der Waals surface area (Å²) in [4.78, 5) is 3.59. The predicted octanol–water partition coefficient (Wildman–Crippen LogP) is 4.71. The van der Waals surface area contributed by atoms with Crippen LogP contribution in [0.5, 0.6) is 0 Å². The largest absolute Gasteiger partial charge is 0.329 e. The number of thiophene rings is 1. The van der Waals surface area contributed by atoms with Gasteiger partial charge in [-0.05, 0) is 63.0 Å². The molecule has 1 atom stereocenters. The maximum absolute atomic E-state index is 5.99. The van der Waals surface area contributed by atoms with Crippen molar-refractivity contribution >= 4 is 43.2 Å². The molecule has 2 rings (SSSR count). The third-order valence-electron chi connectivity index (χ3n) is 3.43. The summed E-state index contributed by atoms with van der Waals surface area (Å²) in [6.07, 6.45) is 0. The first-order valence-electron chi connectivity index (χ1n) is 6.42. The Morgan fingerprint density at radius 3 is 2.55 bits per heavy atom. The molecule has 108 valence electrons. The van der Waals surface area contributed by atoms with Gasteiger partial charge in [-0.3, -0.25) is 4.90 Å². The van der Waals surface area contributed by atoms with Gasteiger partial charge in [0.1, 0.15) is 0 Å². The number of hydrogen-bond acceptors (Lipinski definition) is 3. The summed E-state index contributed by atoms with van der Waals surface area (Å²) in [6.45, 7) is 3.67. The van der Waals surface area contributed by atoms with Gasteiger partial charge < -0.3 is 5.73 Å². The second-order valence-corrected chi connectivity index (χ2v) is 8.12. The van der Waals surface area contributed by atoms with Crippen molar-refractivity contribution in [1.82, 2.24) is 4.90 Å². The zero-order valence-corrected chi connectivity index (χ0v) is 15.6. The summed E-state index contributed by atoms with van der Waals surface area (Å²) in [5, 5.41) is 0. The standard InChI is InChI=1S/C15H18Br2N2S/c1-10-5-3-4-6-11(10)9-19(2)13(8-18)14-7-12(16)15(17)20-14/h3-7,13H,8-9,18H2,1-2H3. The van der Waals surface area contributed by atoms with Crippen LogP contribution in [-0.4, -0.2) is 18.5 Å². The van der Waals surface area contributed by atoms with Crippen molar-refractivity contribution in [2.45, 2.75) is 19.5 Å². The number of nitrogens with zero attached hydrogens (tertiary/aromatic N) is 1. The summed E-state index contributed by atoms with van der Waals surface area (Å²) in [6, 6.07) is 10.9. The Morgan fingerprint density at radius 2 is 2.00 bits per heavy atom. The first-order chi connectivity index (χ1) is 9.52. The number of nitrogens with two attached hydrogens (primary N) is 1. The average molecular weight is 418 g/mol. The third kappa shape index (κ3) is 3.71. The normalized spacial score (nSPS) is 12.9. The fourth-order valence-corrected chi connectivity index (χ4v) is 4.48.